The number of unbranched alkanes of at least 4 members (excludes halogenated alkanes) is 10. The molecule has 0 aliphatic carbocycles. The van der Waals surface area contributed by atoms with Crippen LogP contribution in [0.2, 0.25) is 0 Å². The number of ether oxygens (including phenoxy) is 1. The lowest BCUT2D eigenvalue weighted by molar-refractivity contribution is 0.282. The molecule has 1 aliphatic heterocycles. The van der Waals surface area contributed by atoms with Crippen molar-refractivity contribution in [1.82, 2.24) is 0 Å². The standard InChI is InChI=1S/C16H32O2/c1-15-16(18-15)13-11-9-7-5-3-2-4-6-8-10-12-14-17/h15-17H,2-14H2,1H3. The molecule has 0 radical (unpaired) electrons. The third kappa shape index (κ3) is 8.93. The Kier molecular flexibility index (Phi) is 9.59. The van der Waals surface area contributed by atoms with Crippen LogP contribution in [0.3, 0.4) is 0 Å². The normalized spacial score (nSPS) is 22.3. The summed E-state index contributed by atoms with van der Waals surface area (Å²) >= 11 is 0. The molecule has 1 N–H and O–H groups in total. The molecule has 1 heterocycles. The fourth-order valence-electron chi connectivity index (χ4n) is 2.58. The molecule has 1 rings (SSSR count). The van der Waals surface area contributed by atoms with E-state index in [9.17, 15) is 0 Å². The van der Waals surface area contributed by atoms with E-state index in [1.54, 1.807) is 0 Å². The second kappa shape index (κ2) is 10.8. The minimum Gasteiger partial charge on any atom is -0.396 e. The van der Waals surface area contributed by atoms with E-state index in [2.05, 4.69) is 6.92 Å². The predicted molar refractivity (Wildman–Crippen MR) is 76.8 cm³/mol. The zero-order chi connectivity index (χ0) is 13.1. The molecule has 0 aromatic heterocycles. The SMILES string of the molecule is CC1OC1CCCCCCCCCCCCCO. The smallest absolute Gasteiger partial charge is 0.0839 e. The maximum absolute atomic E-state index is 8.65. The molecule has 18 heavy (non-hydrogen) atoms. The largest absolute Gasteiger partial charge is 0.396 e. The fourth-order valence-corrected chi connectivity index (χ4v) is 2.58. The Morgan fingerprint density at radius 2 is 1.11 bits per heavy atom. The zero-order valence-corrected chi connectivity index (χ0v) is 12.2. The van der Waals surface area contributed by atoms with Crippen LogP contribution in [0.1, 0.15) is 84.0 Å². The van der Waals surface area contributed by atoms with Crippen molar-refractivity contribution in [3.05, 3.63) is 0 Å². The summed E-state index contributed by atoms with van der Waals surface area (Å²) in [5.74, 6) is 0. The number of rotatable bonds is 13. The Bertz CT molecular complexity index is 182. The van der Waals surface area contributed by atoms with E-state index in [-0.39, 0.29) is 0 Å². The van der Waals surface area contributed by atoms with Gasteiger partial charge in [-0.05, 0) is 19.8 Å². The van der Waals surface area contributed by atoms with Crippen molar-refractivity contribution in [2.75, 3.05) is 6.61 Å². The fraction of sp³-hybridized carbons (Fsp3) is 1.00. The second-order valence-corrected chi connectivity index (χ2v) is 5.78. The first-order chi connectivity index (χ1) is 8.84. The molecule has 108 valence electrons. The Labute approximate surface area is 113 Å². The number of aliphatic hydroxyl groups is 1. The summed E-state index contributed by atoms with van der Waals surface area (Å²) in [6.45, 7) is 2.54. The van der Waals surface area contributed by atoms with E-state index in [0.717, 1.165) is 6.42 Å². The number of aliphatic hydroxyl groups excluding tert-OH is 1. The lowest BCUT2D eigenvalue weighted by atomic mass is 10.0. The first kappa shape index (κ1) is 16.0. The van der Waals surface area contributed by atoms with Gasteiger partial charge in [0, 0.05) is 6.61 Å². The van der Waals surface area contributed by atoms with Crippen LogP contribution in [0, 0.1) is 0 Å². The molecule has 0 spiro atoms. The summed E-state index contributed by atoms with van der Waals surface area (Å²) in [6, 6.07) is 0. The molecule has 2 heteroatoms. The molecular weight excluding hydrogens is 224 g/mol. The highest BCUT2D eigenvalue weighted by Crippen LogP contribution is 2.26. The van der Waals surface area contributed by atoms with E-state index in [1.165, 1.54) is 70.6 Å². The average molecular weight is 256 g/mol. The van der Waals surface area contributed by atoms with Gasteiger partial charge in [0.05, 0.1) is 12.2 Å². The van der Waals surface area contributed by atoms with Crippen molar-refractivity contribution in [3.63, 3.8) is 0 Å². The van der Waals surface area contributed by atoms with Crippen molar-refractivity contribution in [1.29, 1.82) is 0 Å². The lowest BCUT2D eigenvalue weighted by Gasteiger charge is -2.02. The predicted octanol–water partition coefficient (Wildman–Crippen LogP) is 4.45. The summed E-state index contributed by atoms with van der Waals surface area (Å²) in [6.07, 6.45) is 17.1. The highest BCUT2D eigenvalue weighted by Gasteiger charge is 2.32. The zero-order valence-electron chi connectivity index (χ0n) is 12.2. The van der Waals surface area contributed by atoms with Crippen molar-refractivity contribution in [2.45, 2.75) is 96.2 Å². The average Bonchev–Trinajstić information content (AvgIpc) is 3.07. The van der Waals surface area contributed by atoms with Crippen LogP contribution in [0.15, 0.2) is 0 Å². The van der Waals surface area contributed by atoms with Gasteiger partial charge in [0.2, 0.25) is 0 Å². The van der Waals surface area contributed by atoms with Crippen LogP contribution < -0.4 is 0 Å². The maximum atomic E-state index is 8.65. The third-order valence-electron chi connectivity index (χ3n) is 3.98. The molecule has 1 aliphatic rings. The maximum Gasteiger partial charge on any atom is 0.0839 e. The summed E-state index contributed by atoms with van der Waals surface area (Å²) in [5.41, 5.74) is 0. The van der Waals surface area contributed by atoms with Gasteiger partial charge in [0.25, 0.3) is 0 Å². The van der Waals surface area contributed by atoms with Gasteiger partial charge in [-0.3, -0.25) is 0 Å². The Hall–Kier alpha value is -0.0800. The molecule has 1 fully saturated rings. The van der Waals surface area contributed by atoms with Crippen LogP contribution in [0.4, 0.5) is 0 Å². The molecule has 0 saturated carbocycles. The molecule has 2 nitrogen and oxygen atoms in total. The molecule has 1 saturated heterocycles. The second-order valence-electron chi connectivity index (χ2n) is 5.78. The molecule has 0 bridgehead atoms. The topological polar surface area (TPSA) is 32.8 Å². The van der Waals surface area contributed by atoms with Crippen molar-refractivity contribution in [2.24, 2.45) is 0 Å². The van der Waals surface area contributed by atoms with Gasteiger partial charge < -0.3 is 9.84 Å². The Morgan fingerprint density at radius 3 is 1.50 bits per heavy atom. The molecule has 2 atom stereocenters. The first-order valence-corrected chi connectivity index (χ1v) is 8.11. The van der Waals surface area contributed by atoms with Crippen molar-refractivity contribution < 1.29 is 9.84 Å². The monoisotopic (exact) mass is 256 g/mol. The lowest BCUT2D eigenvalue weighted by Crippen LogP contribution is -1.89. The molecule has 2 unspecified atom stereocenters. The van der Waals surface area contributed by atoms with Crippen LogP contribution in [-0.2, 0) is 4.74 Å². The summed E-state index contributed by atoms with van der Waals surface area (Å²) in [7, 11) is 0. The van der Waals surface area contributed by atoms with Gasteiger partial charge in [-0.25, -0.2) is 0 Å². The summed E-state index contributed by atoms with van der Waals surface area (Å²) in [5, 5.41) is 8.65. The molecule has 0 aromatic carbocycles. The highest BCUT2D eigenvalue weighted by atomic mass is 16.6. The number of epoxide rings is 1. The van der Waals surface area contributed by atoms with Gasteiger partial charge in [-0.15, -0.1) is 0 Å². The van der Waals surface area contributed by atoms with Crippen molar-refractivity contribution >= 4 is 0 Å². The van der Waals surface area contributed by atoms with Crippen LogP contribution >= 0.6 is 0 Å². The Morgan fingerprint density at radius 1 is 0.722 bits per heavy atom. The Balaban J connectivity index is 1.63. The minimum atomic E-state index is 0.366. The van der Waals surface area contributed by atoms with Crippen LogP contribution in [0.5, 0.6) is 0 Å². The van der Waals surface area contributed by atoms with Crippen LogP contribution in [0.25, 0.3) is 0 Å². The number of hydrogen-bond donors (Lipinski definition) is 1. The molecular formula is C16H32O2. The quantitative estimate of drug-likeness (QED) is 0.390. The van der Waals surface area contributed by atoms with Gasteiger partial charge >= 0.3 is 0 Å². The van der Waals surface area contributed by atoms with Crippen LogP contribution in [-0.4, -0.2) is 23.9 Å². The molecule has 0 aromatic rings. The first-order valence-electron chi connectivity index (χ1n) is 8.11. The van der Waals surface area contributed by atoms with E-state index in [0.29, 0.717) is 18.8 Å². The van der Waals surface area contributed by atoms with E-state index < -0.39 is 0 Å². The summed E-state index contributed by atoms with van der Waals surface area (Å²) in [4.78, 5) is 0. The third-order valence-corrected chi connectivity index (χ3v) is 3.98. The molecule has 0 amide bonds. The van der Waals surface area contributed by atoms with E-state index in [4.69, 9.17) is 9.84 Å². The van der Waals surface area contributed by atoms with Gasteiger partial charge in [-0.1, -0.05) is 64.2 Å². The van der Waals surface area contributed by atoms with E-state index >= 15 is 0 Å². The van der Waals surface area contributed by atoms with Gasteiger partial charge in [0.1, 0.15) is 0 Å². The van der Waals surface area contributed by atoms with Gasteiger partial charge in [-0.2, -0.15) is 0 Å². The van der Waals surface area contributed by atoms with Gasteiger partial charge in [0.15, 0.2) is 0 Å². The summed E-state index contributed by atoms with van der Waals surface area (Å²) < 4.78 is 5.40. The number of hydrogen-bond acceptors (Lipinski definition) is 2. The minimum absolute atomic E-state index is 0.366. The highest BCUT2D eigenvalue weighted by molar-refractivity contribution is 4.79. The van der Waals surface area contributed by atoms with Crippen molar-refractivity contribution in [3.8, 4) is 0 Å². The van der Waals surface area contributed by atoms with E-state index in [1.807, 2.05) is 0 Å².